The van der Waals surface area contributed by atoms with E-state index in [0.29, 0.717) is 35.2 Å². The highest BCUT2D eigenvalue weighted by Crippen LogP contribution is 2.35. The van der Waals surface area contributed by atoms with Crippen molar-refractivity contribution in [2.75, 3.05) is 6.54 Å². The number of pyridine rings is 1. The van der Waals surface area contributed by atoms with Crippen LogP contribution in [0, 0.1) is 0 Å². The number of benzene rings is 2. The monoisotopic (exact) mass is 596 g/mol. The molecule has 4 N–H and O–H groups in total. The number of carbonyl (C=O) groups excluding carboxylic acids is 2. The topological polar surface area (TPSA) is 144 Å². The molecule has 0 aliphatic carbocycles. The van der Waals surface area contributed by atoms with Crippen LogP contribution in [0.25, 0.3) is 5.65 Å². The molecule has 1 aliphatic heterocycles. The quantitative estimate of drug-likeness (QED) is 0.252. The molecule has 0 bridgehead atoms. The molecule has 2 aromatic heterocycles. The standard InChI is InChI=1S/C29H26Cl2N4O6/c1-15(36)17-5-2-4-16(10-17)11-21(29(40)41)33-27(38)24-20(30)12-18-13-35(9-7-19(18)25(24)31)28(39)22-14-34-8-3-6-23(37)26(34)32-22/h2-6,8,10,12,14-15,21,36-37H,7,9,11,13H2,1H3,(H,33,38)(H,40,41)/t15?,21-/m0/s1. The van der Waals surface area contributed by atoms with Crippen LogP contribution < -0.4 is 5.32 Å². The van der Waals surface area contributed by atoms with Gasteiger partial charge in [0.1, 0.15) is 11.7 Å². The Kier molecular flexibility index (Phi) is 7.90. The molecule has 2 aromatic carbocycles. The van der Waals surface area contributed by atoms with Gasteiger partial charge >= 0.3 is 5.97 Å². The molecule has 5 rings (SSSR count). The van der Waals surface area contributed by atoms with Crippen LogP contribution in [-0.2, 0) is 24.2 Å². The minimum Gasteiger partial charge on any atom is -0.504 e. The average molecular weight is 597 g/mol. The molecule has 0 spiro atoms. The van der Waals surface area contributed by atoms with Gasteiger partial charge in [-0.15, -0.1) is 0 Å². The Morgan fingerprint density at radius 1 is 1.15 bits per heavy atom. The van der Waals surface area contributed by atoms with E-state index < -0.39 is 24.0 Å². The zero-order valence-corrected chi connectivity index (χ0v) is 23.4. The fourth-order valence-corrected chi connectivity index (χ4v) is 5.71. The number of nitrogens with zero attached hydrogens (tertiary/aromatic N) is 3. The van der Waals surface area contributed by atoms with Crippen LogP contribution in [0.15, 0.2) is 54.9 Å². The van der Waals surface area contributed by atoms with Gasteiger partial charge in [-0.25, -0.2) is 9.78 Å². The van der Waals surface area contributed by atoms with Crippen molar-refractivity contribution in [1.29, 1.82) is 0 Å². The lowest BCUT2D eigenvalue weighted by atomic mass is 9.96. The zero-order chi connectivity index (χ0) is 29.4. The number of amides is 2. The van der Waals surface area contributed by atoms with E-state index in [1.165, 1.54) is 6.07 Å². The molecule has 12 heteroatoms. The number of aromatic nitrogens is 2. The second-order valence-corrected chi connectivity index (χ2v) is 10.7. The Morgan fingerprint density at radius 3 is 2.63 bits per heavy atom. The maximum Gasteiger partial charge on any atom is 0.326 e. The number of hydrogen-bond donors (Lipinski definition) is 4. The Balaban J connectivity index is 1.34. The van der Waals surface area contributed by atoms with Gasteiger partial charge in [-0.05, 0) is 53.8 Å². The van der Waals surface area contributed by atoms with Crippen molar-refractivity contribution in [3.05, 3.63) is 98.4 Å². The fraction of sp³-hybridized carbons (Fsp3) is 0.241. The zero-order valence-electron chi connectivity index (χ0n) is 21.8. The SMILES string of the molecule is CC(O)c1cccc(C[C@H](NC(=O)c2c(Cl)cc3c(c2Cl)CCN(C(=O)c2cn4cccc(O)c4n2)C3)C(=O)O)c1. The van der Waals surface area contributed by atoms with Crippen molar-refractivity contribution in [3.8, 4) is 5.75 Å². The number of aliphatic carboxylic acids is 1. The summed E-state index contributed by atoms with van der Waals surface area (Å²) in [5.74, 6) is -2.35. The highest BCUT2D eigenvalue weighted by atomic mass is 35.5. The lowest BCUT2D eigenvalue weighted by molar-refractivity contribution is -0.139. The Labute approximate surface area is 244 Å². The van der Waals surface area contributed by atoms with E-state index in [1.807, 2.05) is 0 Å². The van der Waals surface area contributed by atoms with E-state index >= 15 is 0 Å². The molecule has 0 radical (unpaired) electrons. The number of halogens is 2. The average Bonchev–Trinajstić information content (AvgIpc) is 3.38. The Hall–Kier alpha value is -4.12. The smallest absolute Gasteiger partial charge is 0.326 e. The molecule has 41 heavy (non-hydrogen) atoms. The normalized spacial score (nSPS) is 14.4. The van der Waals surface area contributed by atoms with Crippen molar-refractivity contribution in [3.63, 3.8) is 0 Å². The first-order valence-corrected chi connectivity index (χ1v) is 13.5. The van der Waals surface area contributed by atoms with Crippen LogP contribution in [0.1, 0.15) is 56.1 Å². The molecule has 10 nitrogen and oxygen atoms in total. The minimum atomic E-state index is -1.27. The third-order valence-corrected chi connectivity index (χ3v) is 7.79. The van der Waals surface area contributed by atoms with Crippen LogP contribution in [0.2, 0.25) is 10.0 Å². The number of aromatic hydroxyl groups is 1. The van der Waals surface area contributed by atoms with Crippen LogP contribution in [-0.4, -0.2) is 60.0 Å². The van der Waals surface area contributed by atoms with Gasteiger partial charge in [0.25, 0.3) is 11.8 Å². The first kappa shape index (κ1) is 28.4. The molecule has 2 atom stereocenters. The van der Waals surface area contributed by atoms with E-state index in [1.54, 1.807) is 65.0 Å². The number of aliphatic hydroxyl groups excluding tert-OH is 1. The van der Waals surface area contributed by atoms with Crippen molar-refractivity contribution in [1.82, 2.24) is 19.6 Å². The summed E-state index contributed by atoms with van der Waals surface area (Å²) in [6.07, 6.45) is 2.82. The number of carboxylic acid groups (broad SMARTS) is 1. The van der Waals surface area contributed by atoms with E-state index in [-0.39, 0.29) is 51.6 Å². The van der Waals surface area contributed by atoms with Gasteiger partial charge in [-0.1, -0.05) is 47.5 Å². The summed E-state index contributed by atoms with van der Waals surface area (Å²) in [6.45, 7) is 2.08. The van der Waals surface area contributed by atoms with E-state index in [0.717, 1.165) is 0 Å². The second-order valence-electron chi connectivity index (χ2n) is 9.90. The molecule has 0 fully saturated rings. The predicted molar refractivity (Wildman–Crippen MR) is 151 cm³/mol. The van der Waals surface area contributed by atoms with Crippen molar-refractivity contribution in [2.24, 2.45) is 0 Å². The van der Waals surface area contributed by atoms with Gasteiger partial charge in [-0.2, -0.15) is 0 Å². The highest BCUT2D eigenvalue weighted by Gasteiger charge is 2.30. The lowest BCUT2D eigenvalue weighted by Crippen LogP contribution is -2.42. The molecule has 1 unspecified atom stereocenters. The maximum absolute atomic E-state index is 13.2. The van der Waals surface area contributed by atoms with Crippen LogP contribution in [0.4, 0.5) is 0 Å². The van der Waals surface area contributed by atoms with Crippen molar-refractivity contribution < 1.29 is 29.7 Å². The highest BCUT2D eigenvalue weighted by molar-refractivity contribution is 6.40. The van der Waals surface area contributed by atoms with E-state index in [4.69, 9.17) is 23.2 Å². The Bertz CT molecular complexity index is 1690. The van der Waals surface area contributed by atoms with Crippen LogP contribution in [0.3, 0.4) is 0 Å². The van der Waals surface area contributed by atoms with Gasteiger partial charge in [0.05, 0.1) is 21.7 Å². The first-order chi connectivity index (χ1) is 19.5. The number of fused-ring (bicyclic) bond motifs is 2. The summed E-state index contributed by atoms with van der Waals surface area (Å²) >= 11 is 13.1. The summed E-state index contributed by atoms with van der Waals surface area (Å²) in [6, 6.07) is 10.3. The van der Waals surface area contributed by atoms with Crippen LogP contribution in [0.5, 0.6) is 5.75 Å². The summed E-state index contributed by atoms with van der Waals surface area (Å²) < 4.78 is 1.56. The van der Waals surface area contributed by atoms with Gasteiger partial charge in [0.2, 0.25) is 0 Å². The number of rotatable bonds is 7. The number of carbonyl (C=O) groups is 3. The van der Waals surface area contributed by atoms with Crippen molar-refractivity contribution >= 4 is 46.6 Å². The largest absolute Gasteiger partial charge is 0.504 e. The number of nitrogens with one attached hydrogen (secondary N) is 1. The van der Waals surface area contributed by atoms with E-state index in [9.17, 15) is 29.7 Å². The fourth-order valence-electron chi connectivity index (χ4n) is 4.94. The van der Waals surface area contributed by atoms with Crippen LogP contribution >= 0.6 is 23.2 Å². The predicted octanol–water partition coefficient (Wildman–Crippen LogP) is 4.02. The third kappa shape index (κ3) is 5.72. The van der Waals surface area contributed by atoms with Crippen molar-refractivity contribution in [2.45, 2.75) is 38.5 Å². The van der Waals surface area contributed by atoms with Gasteiger partial charge in [-0.3, -0.25) is 9.59 Å². The van der Waals surface area contributed by atoms with Gasteiger partial charge < -0.3 is 29.9 Å². The summed E-state index contributed by atoms with van der Waals surface area (Å²) in [4.78, 5) is 44.3. The third-order valence-electron chi connectivity index (χ3n) is 7.08. The summed E-state index contributed by atoms with van der Waals surface area (Å²) in [5, 5.41) is 32.3. The first-order valence-electron chi connectivity index (χ1n) is 12.8. The molecule has 0 saturated carbocycles. The molecule has 1 aliphatic rings. The number of hydrogen-bond acceptors (Lipinski definition) is 6. The molecular weight excluding hydrogens is 571 g/mol. The van der Waals surface area contributed by atoms with E-state index in [2.05, 4.69) is 10.3 Å². The molecule has 2 amide bonds. The molecular formula is C29H26Cl2N4O6. The number of carboxylic acids is 1. The molecule has 0 saturated heterocycles. The number of imidazole rings is 1. The van der Waals surface area contributed by atoms with Gasteiger partial charge in [0, 0.05) is 31.9 Å². The summed E-state index contributed by atoms with van der Waals surface area (Å²) in [5.41, 5.74) is 2.97. The summed E-state index contributed by atoms with van der Waals surface area (Å²) in [7, 11) is 0. The van der Waals surface area contributed by atoms with Gasteiger partial charge in [0.15, 0.2) is 11.4 Å². The minimum absolute atomic E-state index is 0.0142. The second kappa shape index (κ2) is 11.4. The number of aliphatic hydroxyl groups is 1. The molecule has 212 valence electrons. The maximum atomic E-state index is 13.2. The molecule has 3 heterocycles. The Morgan fingerprint density at radius 2 is 1.93 bits per heavy atom. The molecule has 4 aromatic rings. The lowest BCUT2D eigenvalue weighted by Gasteiger charge is -2.30.